The highest BCUT2D eigenvalue weighted by Gasteiger charge is 2.26. The number of nitrogens with zero attached hydrogens (tertiary/aromatic N) is 4. The van der Waals surface area contributed by atoms with Crippen molar-refractivity contribution in [3.05, 3.63) is 189 Å². The smallest absolute Gasteiger partial charge is 0.277 e. The minimum atomic E-state index is -0.382. The third-order valence-electron chi connectivity index (χ3n) is 12.2. The van der Waals surface area contributed by atoms with Crippen molar-refractivity contribution in [2.24, 2.45) is 0 Å². The molecular formula is C54H36N6O6. The number of aromatic nitrogens is 4. The Kier molecular flexibility index (Phi) is 9.54. The van der Waals surface area contributed by atoms with Gasteiger partial charge in [-0.1, -0.05) is 84.9 Å². The van der Waals surface area contributed by atoms with E-state index in [2.05, 4.69) is 9.97 Å². The number of para-hydroxylation sites is 2. The van der Waals surface area contributed by atoms with Gasteiger partial charge in [-0.25, -0.2) is 9.97 Å². The number of H-pyrrole nitrogens is 2. The molecule has 318 valence electrons. The van der Waals surface area contributed by atoms with Gasteiger partial charge in [-0.3, -0.25) is 20.2 Å². The van der Waals surface area contributed by atoms with E-state index in [1.54, 1.807) is 50.6 Å². The van der Waals surface area contributed by atoms with Gasteiger partial charge in [-0.15, -0.1) is 0 Å². The first-order chi connectivity index (χ1) is 32.3. The average molecular weight is 865 g/mol. The zero-order valence-corrected chi connectivity index (χ0v) is 35.4. The Morgan fingerprint density at radius 2 is 0.758 bits per heavy atom. The molecule has 0 aliphatic carbocycles. The monoisotopic (exact) mass is 864 g/mol. The predicted molar refractivity (Wildman–Crippen MR) is 262 cm³/mol. The van der Waals surface area contributed by atoms with E-state index in [-0.39, 0.29) is 21.2 Å². The molecule has 9 aromatic rings. The number of nitrogens with one attached hydrogen (secondary N) is 2. The maximum atomic E-state index is 12.8. The number of fused-ring (bicyclic) bond motifs is 10. The molecule has 0 amide bonds. The molecule has 3 aromatic heterocycles. The summed E-state index contributed by atoms with van der Waals surface area (Å²) in [7, 11) is 3.24. The number of aromatic amines is 2. The van der Waals surface area contributed by atoms with Crippen molar-refractivity contribution < 1.29 is 19.3 Å². The molecule has 12 heteroatoms. The molecule has 66 heavy (non-hydrogen) atoms. The second kappa shape index (κ2) is 15.9. The fraction of sp³-hybridized carbons (Fsp3) is 0.0370. The fourth-order valence-electron chi connectivity index (χ4n) is 9.35. The van der Waals surface area contributed by atoms with Gasteiger partial charge in [0.25, 0.3) is 11.4 Å². The standard InChI is InChI=1S/C54H36N6O6/c1-65-47-29-19-31-11-3-5-13-33(31)51(47)53-41-25-21-37(55-41)49(35-15-7-9-17-45(35)59(61)62)39-23-27-43(57-39)54(52-34-14-6-4-12-32(34)20-30-48(52)66-2)44-28-24-40(58-44)50(38-22-26-42(53)56-38)36-16-8-10-18-46(36)60(63)64/h3-30,55,58H,1-2H3. The predicted octanol–water partition coefficient (Wildman–Crippen LogP) is 13.5. The summed E-state index contributed by atoms with van der Waals surface area (Å²) in [6.45, 7) is 0. The van der Waals surface area contributed by atoms with Gasteiger partial charge in [0.1, 0.15) is 11.5 Å². The molecule has 0 saturated heterocycles. The van der Waals surface area contributed by atoms with E-state index in [1.807, 2.05) is 121 Å². The van der Waals surface area contributed by atoms with E-state index >= 15 is 0 Å². The van der Waals surface area contributed by atoms with Crippen LogP contribution in [0, 0.1) is 20.2 Å². The Labute approximate surface area is 376 Å². The van der Waals surface area contributed by atoms with Crippen molar-refractivity contribution in [2.75, 3.05) is 14.2 Å². The molecule has 0 saturated carbocycles. The molecule has 12 nitrogen and oxygen atoms in total. The van der Waals surface area contributed by atoms with Crippen molar-refractivity contribution in [1.29, 1.82) is 0 Å². The van der Waals surface area contributed by atoms with Crippen LogP contribution in [0.1, 0.15) is 22.8 Å². The van der Waals surface area contributed by atoms with Crippen LogP contribution in [0.25, 0.3) is 112 Å². The van der Waals surface area contributed by atoms with Crippen LogP contribution in [-0.2, 0) is 0 Å². The van der Waals surface area contributed by atoms with Crippen LogP contribution in [0.15, 0.2) is 146 Å². The highest BCUT2D eigenvalue weighted by atomic mass is 16.6. The van der Waals surface area contributed by atoms with E-state index < -0.39 is 0 Å². The van der Waals surface area contributed by atoms with E-state index in [1.165, 1.54) is 12.1 Å². The molecular weight excluding hydrogens is 829 g/mol. The molecule has 2 aliphatic rings. The number of ether oxygens (including phenoxy) is 2. The summed E-state index contributed by atoms with van der Waals surface area (Å²) in [6, 6.07) is 44.8. The summed E-state index contributed by atoms with van der Waals surface area (Å²) < 4.78 is 12.2. The van der Waals surface area contributed by atoms with E-state index in [0.29, 0.717) is 89.7 Å². The van der Waals surface area contributed by atoms with Crippen molar-refractivity contribution in [3.63, 3.8) is 0 Å². The normalized spacial score (nSPS) is 11.9. The highest BCUT2D eigenvalue weighted by molar-refractivity contribution is 6.09. The second-order valence-electron chi connectivity index (χ2n) is 15.8. The molecule has 8 bridgehead atoms. The maximum Gasteiger partial charge on any atom is 0.277 e. The number of nitro benzene ring substituents is 2. The Balaban J connectivity index is 1.39. The number of rotatable bonds is 8. The van der Waals surface area contributed by atoms with Gasteiger partial charge in [-0.2, -0.15) is 0 Å². The van der Waals surface area contributed by atoms with Gasteiger partial charge in [0.05, 0.1) is 58.0 Å². The zero-order chi connectivity index (χ0) is 45.1. The highest BCUT2D eigenvalue weighted by Crippen LogP contribution is 2.46. The molecule has 0 fully saturated rings. The van der Waals surface area contributed by atoms with Crippen LogP contribution in [-0.4, -0.2) is 44.0 Å². The minimum Gasteiger partial charge on any atom is -0.496 e. The van der Waals surface area contributed by atoms with Crippen molar-refractivity contribution in [2.45, 2.75) is 0 Å². The summed E-state index contributed by atoms with van der Waals surface area (Å²) in [5, 5.41) is 29.3. The van der Waals surface area contributed by atoms with Crippen molar-refractivity contribution in [1.82, 2.24) is 19.9 Å². The lowest BCUT2D eigenvalue weighted by atomic mass is 9.96. The Morgan fingerprint density at radius 3 is 1.15 bits per heavy atom. The molecule has 5 heterocycles. The van der Waals surface area contributed by atoms with Gasteiger partial charge < -0.3 is 19.4 Å². The molecule has 0 unspecified atom stereocenters. The van der Waals surface area contributed by atoms with Crippen molar-refractivity contribution >= 4 is 79.3 Å². The first kappa shape index (κ1) is 39.7. The Bertz CT molecular complexity index is 3530. The summed E-state index contributed by atoms with van der Waals surface area (Å²) in [4.78, 5) is 42.8. The van der Waals surface area contributed by atoms with Crippen LogP contribution >= 0.6 is 0 Å². The zero-order valence-electron chi connectivity index (χ0n) is 35.4. The third-order valence-corrected chi connectivity index (χ3v) is 12.2. The van der Waals surface area contributed by atoms with Gasteiger partial charge in [-0.05, 0) is 94.4 Å². The molecule has 6 aromatic carbocycles. The molecule has 0 atom stereocenters. The number of methoxy groups -OCH3 is 2. The quantitative estimate of drug-likeness (QED) is 0.113. The van der Waals surface area contributed by atoms with Crippen molar-refractivity contribution in [3.8, 4) is 56.0 Å². The fourth-order valence-corrected chi connectivity index (χ4v) is 9.35. The lowest BCUT2D eigenvalue weighted by molar-refractivity contribution is -0.384. The first-order valence-electron chi connectivity index (χ1n) is 21.1. The molecule has 2 N–H and O–H groups in total. The summed E-state index contributed by atoms with van der Waals surface area (Å²) in [5.74, 6) is 1.18. The number of hydrogen-bond donors (Lipinski definition) is 2. The number of hydrogen-bond acceptors (Lipinski definition) is 8. The Hall–Kier alpha value is -9.16. The summed E-state index contributed by atoms with van der Waals surface area (Å²) >= 11 is 0. The minimum absolute atomic E-state index is 0.0862. The Morgan fingerprint density at radius 1 is 0.409 bits per heavy atom. The molecule has 11 rings (SSSR count). The van der Waals surface area contributed by atoms with Crippen LogP contribution in [0.2, 0.25) is 0 Å². The molecule has 2 aliphatic heterocycles. The molecule has 0 radical (unpaired) electrons. The SMILES string of the molecule is COc1ccc2ccccc2c1-c1c2nc(c(-c3ccccc3[N+](=O)[O-])c3ccc([nH]3)c(-c3c(OC)ccc4ccccc34)c3nc(c(-c4ccccc4[N+](=O)[O-])c4ccc1[nH]4)C=C3)C=C2. The second-order valence-corrected chi connectivity index (χ2v) is 15.8. The van der Waals surface area contributed by atoms with E-state index in [0.717, 1.165) is 32.7 Å². The van der Waals surface area contributed by atoms with Crippen LogP contribution in [0.4, 0.5) is 11.4 Å². The summed E-state index contributed by atoms with van der Waals surface area (Å²) in [5.41, 5.74) is 8.94. The van der Waals surface area contributed by atoms with E-state index in [4.69, 9.17) is 19.4 Å². The van der Waals surface area contributed by atoms with Gasteiger partial charge in [0.2, 0.25) is 0 Å². The van der Waals surface area contributed by atoms with Gasteiger partial charge in [0.15, 0.2) is 0 Å². The van der Waals surface area contributed by atoms with Gasteiger partial charge >= 0.3 is 0 Å². The summed E-state index contributed by atoms with van der Waals surface area (Å²) in [6.07, 6.45) is 7.54. The van der Waals surface area contributed by atoms with Crippen LogP contribution in [0.3, 0.4) is 0 Å². The number of nitro groups is 2. The molecule has 0 spiro atoms. The van der Waals surface area contributed by atoms with Gasteiger partial charge in [0, 0.05) is 67.6 Å². The maximum absolute atomic E-state index is 12.8. The lowest BCUT2D eigenvalue weighted by Gasteiger charge is -2.14. The van der Waals surface area contributed by atoms with Crippen LogP contribution < -0.4 is 9.47 Å². The first-order valence-corrected chi connectivity index (χ1v) is 21.1. The lowest BCUT2D eigenvalue weighted by Crippen LogP contribution is -1.96. The largest absolute Gasteiger partial charge is 0.496 e. The average Bonchev–Trinajstić information content (AvgIpc) is 4.20. The number of benzene rings is 6. The third kappa shape index (κ3) is 6.46. The van der Waals surface area contributed by atoms with Crippen LogP contribution in [0.5, 0.6) is 11.5 Å². The topological polar surface area (TPSA) is 162 Å². The van der Waals surface area contributed by atoms with E-state index in [9.17, 15) is 20.2 Å².